The Hall–Kier alpha value is -2.14. The number of rotatable bonds is 3. The molecule has 0 fully saturated rings. The van der Waals surface area contributed by atoms with Crippen molar-refractivity contribution in [2.24, 2.45) is 5.16 Å². The second-order valence-corrected chi connectivity index (χ2v) is 3.49. The quantitative estimate of drug-likeness (QED) is 0.478. The van der Waals surface area contributed by atoms with E-state index in [4.69, 9.17) is 9.94 Å². The molecule has 0 aliphatic heterocycles. The van der Waals surface area contributed by atoms with Gasteiger partial charge < -0.3 is 15.1 Å². The molecule has 1 aromatic carbocycles. The summed E-state index contributed by atoms with van der Waals surface area (Å²) in [5.74, 6) is 0.725. The molecule has 0 saturated carbocycles. The van der Waals surface area contributed by atoms with Gasteiger partial charge in [-0.1, -0.05) is 5.16 Å². The van der Waals surface area contributed by atoms with Gasteiger partial charge in [-0.15, -0.1) is 0 Å². The highest BCUT2D eigenvalue weighted by Gasteiger charge is 2.05. The molecule has 5 nitrogen and oxygen atoms in total. The second-order valence-electron chi connectivity index (χ2n) is 3.49. The number of aliphatic hydroxyl groups excluding tert-OH is 1. The van der Waals surface area contributed by atoms with Gasteiger partial charge in [-0.3, -0.25) is 0 Å². The van der Waals surface area contributed by atoms with Crippen LogP contribution < -0.4 is 4.74 Å². The molecule has 88 valence electrons. The number of benzene rings is 1. The lowest BCUT2D eigenvalue weighted by Gasteiger charge is -2.06. The number of hydrogen-bond donors (Lipinski definition) is 2. The monoisotopic (exact) mass is 232 g/mol. The molecule has 2 aromatic rings. The van der Waals surface area contributed by atoms with Crippen LogP contribution in [-0.4, -0.2) is 28.6 Å². The zero-order valence-electron chi connectivity index (χ0n) is 9.29. The van der Waals surface area contributed by atoms with Gasteiger partial charge in [-0.25, -0.2) is 4.98 Å². The third-order valence-corrected chi connectivity index (χ3v) is 2.48. The number of fused-ring (bicyclic) bond motifs is 1. The lowest BCUT2D eigenvalue weighted by atomic mass is 10.1. The Morgan fingerprint density at radius 1 is 1.41 bits per heavy atom. The van der Waals surface area contributed by atoms with Crippen molar-refractivity contribution in [2.45, 2.75) is 6.61 Å². The highest BCUT2D eigenvalue weighted by molar-refractivity contribution is 5.89. The van der Waals surface area contributed by atoms with Crippen LogP contribution in [0.1, 0.15) is 11.3 Å². The van der Waals surface area contributed by atoms with Crippen molar-refractivity contribution in [3.8, 4) is 5.75 Å². The average Bonchev–Trinajstić information content (AvgIpc) is 2.37. The summed E-state index contributed by atoms with van der Waals surface area (Å²) in [6.45, 7) is -0.205. The van der Waals surface area contributed by atoms with Crippen LogP contribution in [0.15, 0.2) is 29.4 Å². The molecule has 0 aliphatic carbocycles. The van der Waals surface area contributed by atoms with E-state index in [1.807, 2.05) is 12.1 Å². The Morgan fingerprint density at radius 2 is 2.24 bits per heavy atom. The molecule has 0 spiro atoms. The Labute approximate surface area is 98.0 Å². The summed E-state index contributed by atoms with van der Waals surface area (Å²) in [4.78, 5) is 4.28. The van der Waals surface area contributed by atoms with Crippen molar-refractivity contribution in [1.82, 2.24) is 4.98 Å². The maximum atomic E-state index is 9.17. The summed E-state index contributed by atoms with van der Waals surface area (Å²) < 4.78 is 5.12. The van der Waals surface area contributed by atoms with Gasteiger partial charge in [0, 0.05) is 10.9 Å². The van der Waals surface area contributed by atoms with Gasteiger partial charge in [0.15, 0.2) is 0 Å². The lowest BCUT2D eigenvalue weighted by molar-refractivity contribution is 0.277. The number of aliphatic hydroxyl groups is 1. The third kappa shape index (κ3) is 2.19. The number of nitrogens with zero attached hydrogens (tertiary/aromatic N) is 2. The number of oxime groups is 1. The summed E-state index contributed by atoms with van der Waals surface area (Å²) in [6, 6.07) is 7.23. The Bertz CT molecular complexity index is 567. The summed E-state index contributed by atoms with van der Waals surface area (Å²) in [5.41, 5.74) is 1.81. The summed E-state index contributed by atoms with van der Waals surface area (Å²) in [5, 5.41) is 21.5. The molecule has 2 rings (SSSR count). The van der Waals surface area contributed by atoms with E-state index in [0.717, 1.165) is 16.7 Å². The first-order chi connectivity index (χ1) is 8.28. The molecular formula is C12H12N2O3. The van der Waals surface area contributed by atoms with E-state index in [0.29, 0.717) is 11.3 Å². The predicted molar refractivity (Wildman–Crippen MR) is 63.6 cm³/mol. The van der Waals surface area contributed by atoms with Crippen molar-refractivity contribution in [2.75, 3.05) is 7.11 Å². The molecule has 0 bridgehead atoms. The fourth-order valence-electron chi connectivity index (χ4n) is 1.64. The van der Waals surface area contributed by atoms with E-state index in [-0.39, 0.29) is 6.61 Å². The molecule has 0 unspecified atom stereocenters. The topological polar surface area (TPSA) is 74.9 Å². The maximum absolute atomic E-state index is 9.17. The minimum atomic E-state index is -0.205. The van der Waals surface area contributed by atoms with Crippen molar-refractivity contribution in [1.29, 1.82) is 0 Å². The van der Waals surface area contributed by atoms with Crippen LogP contribution in [0.25, 0.3) is 10.9 Å². The number of aromatic nitrogens is 1. The van der Waals surface area contributed by atoms with Gasteiger partial charge in [0.2, 0.25) is 0 Å². The summed E-state index contributed by atoms with van der Waals surface area (Å²) in [7, 11) is 1.59. The Balaban J connectivity index is 2.65. The standard InChI is InChI=1S/C12H12N2O3/c1-17-10-2-3-11-8(5-10)4-9(6-13-16)12(7-15)14-11/h2-6,15-16H,7H2,1H3/b13-6+. The molecule has 2 N–H and O–H groups in total. The number of pyridine rings is 1. The van der Waals surface area contributed by atoms with Gasteiger partial charge in [0.05, 0.1) is 31.1 Å². The van der Waals surface area contributed by atoms with Crippen LogP contribution >= 0.6 is 0 Å². The Kier molecular flexibility index (Phi) is 3.20. The molecular weight excluding hydrogens is 220 g/mol. The summed E-state index contributed by atoms with van der Waals surface area (Å²) in [6.07, 6.45) is 1.25. The molecule has 17 heavy (non-hydrogen) atoms. The minimum Gasteiger partial charge on any atom is -0.497 e. The van der Waals surface area contributed by atoms with Crippen LogP contribution in [0.5, 0.6) is 5.75 Å². The van der Waals surface area contributed by atoms with Crippen molar-refractivity contribution < 1.29 is 15.1 Å². The molecule has 0 saturated heterocycles. The largest absolute Gasteiger partial charge is 0.497 e. The minimum absolute atomic E-state index is 0.205. The number of hydrogen-bond acceptors (Lipinski definition) is 5. The maximum Gasteiger partial charge on any atom is 0.119 e. The average molecular weight is 232 g/mol. The highest BCUT2D eigenvalue weighted by atomic mass is 16.5. The highest BCUT2D eigenvalue weighted by Crippen LogP contribution is 2.21. The normalized spacial score (nSPS) is 11.2. The van der Waals surface area contributed by atoms with E-state index in [2.05, 4.69) is 10.1 Å². The summed E-state index contributed by atoms with van der Waals surface area (Å²) >= 11 is 0. The third-order valence-electron chi connectivity index (χ3n) is 2.48. The zero-order valence-corrected chi connectivity index (χ0v) is 9.29. The molecule has 0 amide bonds. The van der Waals surface area contributed by atoms with Crippen LogP contribution in [0.4, 0.5) is 0 Å². The first-order valence-corrected chi connectivity index (χ1v) is 5.04. The molecule has 0 aliphatic rings. The molecule has 0 radical (unpaired) electrons. The van der Waals surface area contributed by atoms with E-state index >= 15 is 0 Å². The first kappa shape index (κ1) is 11.3. The van der Waals surface area contributed by atoms with Crippen molar-refractivity contribution in [3.05, 3.63) is 35.5 Å². The fourth-order valence-corrected chi connectivity index (χ4v) is 1.64. The molecule has 0 atom stereocenters. The predicted octanol–water partition coefficient (Wildman–Crippen LogP) is 1.54. The lowest BCUT2D eigenvalue weighted by Crippen LogP contribution is -1.98. The van der Waals surface area contributed by atoms with Gasteiger partial charge in [0.25, 0.3) is 0 Å². The van der Waals surface area contributed by atoms with E-state index < -0.39 is 0 Å². The zero-order chi connectivity index (χ0) is 12.3. The number of ether oxygens (including phenoxy) is 1. The van der Waals surface area contributed by atoms with E-state index in [9.17, 15) is 5.11 Å². The van der Waals surface area contributed by atoms with Crippen LogP contribution in [0.3, 0.4) is 0 Å². The second kappa shape index (κ2) is 4.80. The van der Waals surface area contributed by atoms with E-state index in [1.54, 1.807) is 19.2 Å². The van der Waals surface area contributed by atoms with Crippen molar-refractivity contribution in [3.63, 3.8) is 0 Å². The van der Waals surface area contributed by atoms with Crippen molar-refractivity contribution >= 4 is 17.1 Å². The fraction of sp³-hybridized carbons (Fsp3) is 0.167. The molecule has 5 heteroatoms. The van der Waals surface area contributed by atoms with Crippen LogP contribution in [-0.2, 0) is 6.61 Å². The smallest absolute Gasteiger partial charge is 0.119 e. The van der Waals surface area contributed by atoms with Gasteiger partial charge in [-0.05, 0) is 24.3 Å². The van der Waals surface area contributed by atoms with Gasteiger partial charge in [0.1, 0.15) is 5.75 Å². The molecule has 1 aromatic heterocycles. The first-order valence-electron chi connectivity index (χ1n) is 5.04. The van der Waals surface area contributed by atoms with Gasteiger partial charge >= 0.3 is 0 Å². The number of methoxy groups -OCH3 is 1. The van der Waals surface area contributed by atoms with Gasteiger partial charge in [-0.2, -0.15) is 0 Å². The van der Waals surface area contributed by atoms with Crippen LogP contribution in [0, 0.1) is 0 Å². The molecule has 1 heterocycles. The SMILES string of the molecule is COc1ccc2nc(CO)c(/C=N/O)cc2c1. The van der Waals surface area contributed by atoms with E-state index in [1.165, 1.54) is 6.21 Å². The Morgan fingerprint density at radius 3 is 2.88 bits per heavy atom. The van der Waals surface area contributed by atoms with Crippen LogP contribution in [0.2, 0.25) is 0 Å².